The third kappa shape index (κ3) is 3.06. The summed E-state index contributed by atoms with van der Waals surface area (Å²) in [6.45, 7) is 0.913. The molecule has 0 radical (unpaired) electrons. The second kappa shape index (κ2) is 7.12. The number of carbonyl (C=O) groups is 1. The fourth-order valence-corrected chi connectivity index (χ4v) is 4.26. The van der Waals surface area contributed by atoms with Crippen LogP contribution in [0.3, 0.4) is 0 Å². The number of halogens is 1. The van der Waals surface area contributed by atoms with E-state index in [0.717, 1.165) is 39.2 Å². The standard InChI is InChI=1S/C22H21BrN4O3/c1-26-19-15(8-14(22(28)30-3)10-17(19)29-2)24-21(26)16-9-13-6-7-18(23)25-20(13)27(16)11-12-4-5-12/h6-10,12H,4-5,11H2,1-3H3. The fraction of sp³-hybridized carbons (Fsp3) is 0.318. The van der Waals surface area contributed by atoms with Gasteiger partial charge in [0.1, 0.15) is 21.5 Å². The molecule has 7 nitrogen and oxygen atoms in total. The number of hydrogen-bond acceptors (Lipinski definition) is 5. The molecule has 4 aromatic rings. The van der Waals surface area contributed by atoms with E-state index in [4.69, 9.17) is 19.4 Å². The highest BCUT2D eigenvalue weighted by atomic mass is 79.9. The number of methoxy groups -OCH3 is 2. The quantitative estimate of drug-likeness (QED) is 0.317. The van der Waals surface area contributed by atoms with Crippen LogP contribution >= 0.6 is 15.9 Å². The lowest BCUT2D eigenvalue weighted by Gasteiger charge is -2.10. The number of hydrogen-bond donors (Lipinski definition) is 0. The van der Waals surface area contributed by atoms with E-state index in [9.17, 15) is 4.79 Å². The van der Waals surface area contributed by atoms with Crippen LogP contribution in [-0.2, 0) is 18.3 Å². The summed E-state index contributed by atoms with van der Waals surface area (Å²) in [5.74, 6) is 1.65. The molecule has 1 aliphatic rings. The summed E-state index contributed by atoms with van der Waals surface area (Å²) in [5.41, 5.74) is 3.88. The minimum atomic E-state index is -0.417. The number of ether oxygens (including phenoxy) is 2. The van der Waals surface area contributed by atoms with Crippen LogP contribution in [0.25, 0.3) is 33.6 Å². The van der Waals surface area contributed by atoms with Crippen molar-refractivity contribution < 1.29 is 14.3 Å². The van der Waals surface area contributed by atoms with Crippen molar-refractivity contribution in [1.82, 2.24) is 19.1 Å². The molecule has 0 unspecified atom stereocenters. The molecule has 3 heterocycles. The third-order valence-corrected chi connectivity index (χ3v) is 6.09. The number of carbonyl (C=O) groups excluding carboxylic acids is 1. The van der Waals surface area contributed by atoms with Crippen molar-refractivity contribution in [2.75, 3.05) is 14.2 Å². The molecule has 154 valence electrons. The summed E-state index contributed by atoms with van der Waals surface area (Å²) in [4.78, 5) is 21.7. The monoisotopic (exact) mass is 468 g/mol. The molecule has 1 aliphatic carbocycles. The lowest BCUT2D eigenvalue weighted by atomic mass is 10.2. The number of aryl methyl sites for hydroxylation is 1. The SMILES string of the molecule is COC(=O)c1cc(OC)c2c(c1)nc(-c1cc3ccc(Br)nc3n1CC1CC1)n2C. The average molecular weight is 469 g/mol. The molecule has 8 heteroatoms. The zero-order valence-electron chi connectivity index (χ0n) is 17.0. The van der Waals surface area contributed by atoms with Crippen LogP contribution in [0.4, 0.5) is 0 Å². The summed E-state index contributed by atoms with van der Waals surface area (Å²) in [7, 11) is 4.92. The molecule has 1 fully saturated rings. The van der Waals surface area contributed by atoms with Gasteiger partial charge in [-0.1, -0.05) is 0 Å². The molecule has 0 amide bonds. The van der Waals surface area contributed by atoms with E-state index in [0.29, 0.717) is 22.7 Å². The Bertz CT molecular complexity index is 1300. The van der Waals surface area contributed by atoms with E-state index in [2.05, 4.69) is 32.6 Å². The smallest absolute Gasteiger partial charge is 0.338 e. The summed E-state index contributed by atoms with van der Waals surface area (Å²) in [6.07, 6.45) is 2.48. The second-order valence-electron chi connectivity index (χ2n) is 7.66. The molecular formula is C22H21BrN4O3. The van der Waals surface area contributed by atoms with Crippen molar-refractivity contribution in [3.05, 3.63) is 40.5 Å². The van der Waals surface area contributed by atoms with Crippen LogP contribution in [-0.4, -0.2) is 39.3 Å². The molecule has 0 bridgehead atoms. The summed E-state index contributed by atoms with van der Waals surface area (Å²) in [5, 5.41) is 1.07. The first-order chi connectivity index (χ1) is 14.5. The van der Waals surface area contributed by atoms with Gasteiger partial charge in [0.2, 0.25) is 0 Å². The fourth-order valence-electron chi connectivity index (χ4n) is 3.96. The number of fused-ring (bicyclic) bond motifs is 2. The maximum Gasteiger partial charge on any atom is 0.338 e. The van der Waals surface area contributed by atoms with Crippen molar-refractivity contribution in [2.24, 2.45) is 13.0 Å². The van der Waals surface area contributed by atoms with Gasteiger partial charge in [0, 0.05) is 19.0 Å². The van der Waals surface area contributed by atoms with E-state index >= 15 is 0 Å². The topological polar surface area (TPSA) is 71.2 Å². The number of nitrogens with zero attached hydrogens (tertiary/aromatic N) is 4. The van der Waals surface area contributed by atoms with Crippen LogP contribution in [0.1, 0.15) is 23.2 Å². The number of benzene rings is 1. The van der Waals surface area contributed by atoms with Crippen molar-refractivity contribution in [3.63, 3.8) is 0 Å². The summed E-state index contributed by atoms with van der Waals surface area (Å²) in [6, 6.07) is 9.59. The van der Waals surface area contributed by atoms with Gasteiger partial charge in [-0.2, -0.15) is 0 Å². The van der Waals surface area contributed by atoms with Gasteiger partial charge in [-0.25, -0.2) is 14.8 Å². The van der Waals surface area contributed by atoms with Crippen molar-refractivity contribution in [1.29, 1.82) is 0 Å². The number of esters is 1. The molecule has 1 aromatic carbocycles. The molecule has 30 heavy (non-hydrogen) atoms. The number of pyridine rings is 1. The molecule has 0 atom stereocenters. The van der Waals surface area contributed by atoms with Crippen molar-refractivity contribution in [2.45, 2.75) is 19.4 Å². The Morgan fingerprint density at radius 1 is 1.20 bits per heavy atom. The summed E-state index contributed by atoms with van der Waals surface area (Å²) < 4.78 is 15.5. The van der Waals surface area contributed by atoms with E-state index in [1.807, 2.05) is 17.7 Å². The number of aromatic nitrogens is 4. The number of imidazole rings is 1. The number of rotatable bonds is 5. The maximum atomic E-state index is 12.1. The van der Waals surface area contributed by atoms with E-state index in [1.165, 1.54) is 20.0 Å². The lowest BCUT2D eigenvalue weighted by molar-refractivity contribution is 0.0600. The summed E-state index contributed by atoms with van der Waals surface area (Å²) >= 11 is 3.50. The van der Waals surface area contributed by atoms with Crippen LogP contribution in [0.2, 0.25) is 0 Å². The second-order valence-corrected chi connectivity index (χ2v) is 8.48. The molecule has 0 saturated heterocycles. The highest BCUT2D eigenvalue weighted by Crippen LogP contribution is 2.37. The lowest BCUT2D eigenvalue weighted by Crippen LogP contribution is -2.05. The van der Waals surface area contributed by atoms with E-state index in [-0.39, 0.29) is 0 Å². The average Bonchev–Trinajstić information content (AvgIpc) is 3.42. The van der Waals surface area contributed by atoms with Crippen LogP contribution in [0.5, 0.6) is 5.75 Å². The van der Waals surface area contributed by atoms with Crippen molar-refractivity contribution >= 4 is 44.0 Å². The minimum Gasteiger partial charge on any atom is -0.494 e. The molecule has 0 aliphatic heterocycles. The minimum absolute atomic E-state index is 0.413. The Hall–Kier alpha value is -2.87. The zero-order valence-corrected chi connectivity index (χ0v) is 18.6. The van der Waals surface area contributed by atoms with Crippen LogP contribution < -0.4 is 4.74 Å². The van der Waals surface area contributed by atoms with Gasteiger partial charge in [-0.15, -0.1) is 0 Å². The van der Waals surface area contributed by atoms with Gasteiger partial charge < -0.3 is 18.6 Å². The Morgan fingerprint density at radius 3 is 2.70 bits per heavy atom. The Labute approximate surface area is 181 Å². The Balaban J connectivity index is 1.76. The van der Waals surface area contributed by atoms with Gasteiger partial charge in [0.05, 0.1) is 31.0 Å². The largest absolute Gasteiger partial charge is 0.494 e. The maximum absolute atomic E-state index is 12.1. The predicted octanol–water partition coefficient (Wildman–Crippen LogP) is 4.56. The first kappa shape index (κ1) is 19.1. The molecule has 0 spiro atoms. The third-order valence-electron chi connectivity index (χ3n) is 5.65. The molecule has 1 saturated carbocycles. The first-order valence-electron chi connectivity index (χ1n) is 9.79. The van der Waals surface area contributed by atoms with Gasteiger partial charge >= 0.3 is 5.97 Å². The zero-order chi connectivity index (χ0) is 21.0. The predicted molar refractivity (Wildman–Crippen MR) is 118 cm³/mol. The van der Waals surface area contributed by atoms with Gasteiger partial charge in [0.15, 0.2) is 5.82 Å². The van der Waals surface area contributed by atoms with E-state index in [1.54, 1.807) is 19.2 Å². The molecule has 0 N–H and O–H groups in total. The molecule has 3 aromatic heterocycles. The highest BCUT2D eigenvalue weighted by molar-refractivity contribution is 9.10. The Morgan fingerprint density at radius 2 is 2.00 bits per heavy atom. The van der Waals surface area contributed by atoms with E-state index < -0.39 is 5.97 Å². The van der Waals surface area contributed by atoms with Gasteiger partial charge in [-0.05, 0) is 65.0 Å². The molecule has 5 rings (SSSR count). The Kier molecular flexibility index (Phi) is 4.54. The van der Waals surface area contributed by atoms with Crippen LogP contribution in [0, 0.1) is 5.92 Å². The highest BCUT2D eigenvalue weighted by Gasteiger charge is 2.26. The van der Waals surface area contributed by atoms with Crippen molar-refractivity contribution in [3.8, 4) is 17.3 Å². The molecular weight excluding hydrogens is 448 g/mol. The normalized spacial score (nSPS) is 13.9. The first-order valence-corrected chi connectivity index (χ1v) is 10.6. The van der Waals surface area contributed by atoms with Gasteiger partial charge in [-0.3, -0.25) is 0 Å². The van der Waals surface area contributed by atoms with Gasteiger partial charge in [0.25, 0.3) is 0 Å². The van der Waals surface area contributed by atoms with Crippen LogP contribution in [0.15, 0.2) is 34.9 Å².